The van der Waals surface area contributed by atoms with Crippen LogP contribution in [0, 0.1) is 0 Å². The van der Waals surface area contributed by atoms with Crippen molar-refractivity contribution in [2.24, 2.45) is 0 Å². The summed E-state index contributed by atoms with van der Waals surface area (Å²) in [6, 6.07) is 14.0. The van der Waals surface area contributed by atoms with E-state index in [2.05, 4.69) is 28.5 Å². The largest absolute Gasteiger partial charge is 0.495 e. The summed E-state index contributed by atoms with van der Waals surface area (Å²) in [6.45, 7) is 1.90. The van der Waals surface area contributed by atoms with E-state index in [0.717, 1.165) is 30.3 Å². The number of likely N-dealkylation sites (tertiary alicyclic amines) is 1. The highest BCUT2D eigenvalue weighted by atomic mass is 16.5. The highest BCUT2D eigenvalue weighted by Crippen LogP contribution is 2.45. The molecule has 3 aromatic rings. The molecule has 0 bridgehead atoms. The molecule has 0 radical (unpaired) electrons. The molecule has 2 N–H and O–H groups in total. The molecule has 0 saturated carbocycles. The molecule has 7 nitrogen and oxygen atoms in total. The number of H-pyrrole nitrogens is 1. The molecule has 1 spiro atoms. The van der Waals surface area contributed by atoms with Gasteiger partial charge in [-0.3, -0.25) is 9.59 Å². The van der Waals surface area contributed by atoms with Gasteiger partial charge < -0.3 is 24.7 Å². The smallest absolute Gasteiger partial charge is 0.230 e. The number of para-hydroxylation sites is 2. The Hall–Kier alpha value is -3.32. The van der Waals surface area contributed by atoms with Crippen LogP contribution in [0.25, 0.3) is 10.9 Å². The average molecular weight is 446 g/mol. The van der Waals surface area contributed by atoms with Crippen LogP contribution < -0.4 is 10.1 Å². The van der Waals surface area contributed by atoms with Crippen LogP contribution in [0.2, 0.25) is 0 Å². The lowest BCUT2D eigenvalue weighted by atomic mass is 9.82. The van der Waals surface area contributed by atoms with E-state index >= 15 is 0 Å². The molecule has 2 aromatic carbocycles. The zero-order valence-corrected chi connectivity index (χ0v) is 18.6. The number of piperidine rings is 1. The first-order valence-electron chi connectivity index (χ1n) is 11.6. The van der Waals surface area contributed by atoms with Gasteiger partial charge in [-0.1, -0.05) is 30.3 Å². The number of nitrogens with one attached hydrogen (secondary N) is 2. The van der Waals surface area contributed by atoms with Crippen molar-refractivity contribution in [2.75, 3.05) is 32.1 Å². The van der Waals surface area contributed by atoms with Crippen molar-refractivity contribution >= 4 is 28.4 Å². The second-order valence-electron chi connectivity index (χ2n) is 9.17. The van der Waals surface area contributed by atoms with E-state index in [1.54, 1.807) is 13.2 Å². The molecule has 1 saturated heterocycles. The van der Waals surface area contributed by atoms with E-state index in [1.807, 2.05) is 23.1 Å². The van der Waals surface area contributed by atoms with Crippen molar-refractivity contribution < 1.29 is 19.1 Å². The summed E-state index contributed by atoms with van der Waals surface area (Å²) in [5, 5.41) is 4.15. The van der Waals surface area contributed by atoms with E-state index in [4.69, 9.17) is 9.47 Å². The van der Waals surface area contributed by atoms with E-state index in [-0.39, 0.29) is 23.8 Å². The minimum atomic E-state index is -0.492. The molecule has 1 aromatic heterocycles. The second kappa shape index (κ2) is 7.63. The number of nitrogens with zero attached hydrogens (tertiary/aromatic N) is 1. The summed E-state index contributed by atoms with van der Waals surface area (Å²) in [6.07, 6.45) is 2.54. The molecular formula is C26H27N3O4. The number of aromatic nitrogens is 1. The lowest BCUT2D eigenvalue weighted by molar-refractivity contribution is -0.143. The van der Waals surface area contributed by atoms with Gasteiger partial charge in [0, 0.05) is 30.4 Å². The number of aromatic amines is 1. The maximum Gasteiger partial charge on any atom is 0.230 e. The first-order chi connectivity index (χ1) is 16.1. The standard InChI is InChI=1S/C26H27N3O4/c1-32-21-8-4-6-17-19(15-22(30)28-23(17)21)25(31)29-12-10-26(11-13-29)24-18(9-14-33-26)16-5-2-3-7-20(16)27-24/h2-8,19,27H,9-15H2,1H3,(H,28,30). The van der Waals surface area contributed by atoms with E-state index in [0.29, 0.717) is 31.1 Å². The topological polar surface area (TPSA) is 83.7 Å². The number of methoxy groups -OCH3 is 1. The quantitative estimate of drug-likeness (QED) is 0.630. The number of fused-ring (bicyclic) bond motifs is 5. The van der Waals surface area contributed by atoms with Gasteiger partial charge in [0.1, 0.15) is 11.4 Å². The van der Waals surface area contributed by atoms with Crippen molar-refractivity contribution in [1.29, 1.82) is 0 Å². The third-order valence-electron chi connectivity index (χ3n) is 7.49. The molecule has 1 fully saturated rings. The Bertz CT molecular complexity index is 1260. The zero-order valence-electron chi connectivity index (χ0n) is 18.6. The van der Waals surface area contributed by atoms with Gasteiger partial charge in [-0.2, -0.15) is 0 Å². The van der Waals surface area contributed by atoms with Crippen LogP contribution in [0.15, 0.2) is 42.5 Å². The molecule has 170 valence electrons. The van der Waals surface area contributed by atoms with Crippen LogP contribution in [0.1, 0.15) is 42.0 Å². The van der Waals surface area contributed by atoms with Gasteiger partial charge in [0.25, 0.3) is 0 Å². The summed E-state index contributed by atoms with van der Waals surface area (Å²) >= 11 is 0. The number of ether oxygens (including phenoxy) is 2. The van der Waals surface area contributed by atoms with Gasteiger partial charge in [-0.05, 0) is 42.5 Å². The van der Waals surface area contributed by atoms with Gasteiger partial charge in [-0.15, -0.1) is 0 Å². The molecule has 33 heavy (non-hydrogen) atoms. The van der Waals surface area contributed by atoms with Crippen LogP contribution >= 0.6 is 0 Å². The summed E-state index contributed by atoms with van der Waals surface area (Å²) in [7, 11) is 1.57. The predicted molar refractivity (Wildman–Crippen MR) is 124 cm³/mol. The van der Waals surface area contributed by atoms with Crippen LogP contribution in [-0.4, -0.2) is 48.5 Å². The van der Waals surface area contributed by atoms with Gasteiger partial charge >= 0.3 is 0 Å². The molecule has 3 aliphatic heterocycles. The summed E-state index contributed by atoms with van der Waals surface area (Å²) in [5.41, 5.74) is 4.72. The van der Waals surface area contributed by atoms with E-state index in [1.165, 1.54) is 16.6 Å². The molecule has 3 aliphatic rings. The van der Waals surface area contributed by atoms with Crippen LogP contribution in [0.3, 0.4) is 0 Å². The number of hydrogen-bond donors (Lipinski definition) is 2. The van der Waals surface area contributed by atoms with Crippen molar-refractivity contribution in [3.63, 3.8) is 0 Å². The Balaban J connectivity index is 1.26. The summed E-state index contributed by atoms with van der Waals surface area (Å²) in [4.78, 5) is 31.5. The summed E-state index contributed by atoms with van der Waals surface area (Å²) < 4.78 is 11.8. The maximum atomic E-state index is 13.6. The first kappa shape index (κ1) is 20.3. The van der Waals surface area contributed by atoms with Gasteiger partial charge in [0.2, 0.25) is 11.8 Å². The molecule has 1 atom stereocenters. The molecule has 7 heteroatoms. The van der Waals surface area contributed by atoms with Gasteiger partial charge in [-0.25, -0.2) is 0 Å². The first-order valence-corrected chi connectivity index (χ1v) is 11.6. The lowest BCUT2D eigenvalue weighted by Gasteiger charge is -2.44. The Morgan fingerprint density at radius 3 is 2.79 bits per heavy atom. The molecular weight excluding hydrogens is 418 g/mol. The number of carbonyl (C=O) groups is 2. The number of hydrogen-bond acceptors (Lipinski definition) is 4. The number of carbonyl (C=O) groups excluding carboxylic acids is 2. The van der Waals surface area contributed by atoms with Crippen LogP contribution in [-0.2, 0) is 26.3 Å². The monoisotopic (exact) mass is 445 g/mol. The van der Waals surface area contributed by atoms with Crippen LogP contribution in [0.4, 0.5) is 5.69 Å². The SMILES string of the molecule is COc1cccc2c1NC(=O)CC2C(=O)N1CCC2(CC1)OCCc1c2[nH]c2ccccc12. The number of anilines is 1. The molecule has 4 heterocycles. The van der Waals surface area contributed by atoms with Crippen LogP contribution in [0.5, 0.6) is 5.75 Å². The number of rotatable bonds is 2. The highest BCUT2D eigenvalue weighted by molar-refractivity contribution is 6.02. The Morgan fingerprint density at radius 1 is 1.15 bits per heavy atom. The van der Waals surface area contributed by atoms with Crippen molar-refractivity contribution in [1.82, 2.24) is 9.88 Å². The fourth-order valence-electron chi connectivity index (χ4n) is 5.82. The fraction of sp³-hybridized carbons (Fsp3) is 0.385. The predicted octanol–water partition coefficient (Wildman–Crippen LogP) is 3.69. The van der Waals surface area contributed by atoms with E-state index in [9.17, 15) is 9.59 Å². The van der Waals surface area contributed by atoms with Crippen molar-refractivity contribution in [2.45, 2.75) is 37.2 Å². The Morgan fingerprint density at radius 2 is 1.97 bits per heavy atom. The molecule has 6 rings (SSSR count). The normalized spacial score (nSPS) is 21.4. The number of benzene rings is 2. The van der Waals surface area contributed by atoms with E-state index < -0.39 is 5.92 Å². The Labute approximate surface area is 192 Å². The summed E-state index contributed by atoms with van der Waals surface area (Å²) in [5.74, 6) is -0.0641. The third-order valence-corrected chi connectivity index (χ3v) is 7.49. The lowest BCUT2D eigenvalue weighted by Crippen LogP contribution is -2.50. The maximum absolute atomic E-state index is 13.6. The average Bonchev–Trinajstić information content (AvgIpc) is 3.24. The van der Waals surface area contributed by atoms with Gasteiger partial charge in [0.15, 0.2) is 0 Å². The fourth-order valence-corrected chi connectivity index (χ4v) is 5.82. The number of amides is 2. The second-order valence-corrected chi connectivity index (χ2v) is 9.17. The Kier molecular flexibility index (Phi) is 4.69. The molecule has 2 amide bonds. The van der Waals surface area contributed by atoms with Crippen molar-refractivity contribution in [3.8, 4) is 5.75 Å². The zero-order chi connectivity index (χ0) is 22.6. The minimum Gasteiger partial charge on any atom is -0.495 e. The van der Waals surface area contributed by atoms with Crippen molar-refractivity contribution in [3.05, 3.63) is 59.3 Å². The molecule has 0 aliphatic carbocycles. The minimum absolute atomic E-state index is 0.00174. The van der Waals surface area contributed by atoms with Gasteiger partial charge in [0.05, 0.1) is 31.0 Å². The molecule has 1 unspecified atom stereocenters. The third kappa shape index (κ3) is 3.14. The highest BCUT2D eigenvalue weighted by Gasteiger charge is 2.45.